The monoisotopic (exact) mass is 434 g/mol. The fourth-order valence-electron chi connectivity index (χ4n) is 3.63. The highest BCUT2D eigenvalue weighted by molar-refractivity contribution is 5.58. The van der Waals surface area contributed by atoms with E-state index in [0.29, 0.717) is 25.4 Å². The number of benzene rings is 3. The highest BCUT2D eigenvalue weighted by atomic mass is 16.5. The largest absolute Gasteiger partial charge is 0.506 e. The summed E-state index contributed by atoms with van der Waals surface area (Å²) in [5.41, 5.74) is 3.51. The lowest BCUT2D eigenvalue weighted by atomic mass is 9.94. The summed E-state index contributed by atoms with van der Waals surface area (Å²) >= 11 is 0. The SMILES string of the molecule is CCOc1ccc(CNc2cc(C(O)CNC(C)(C)Cc3ccccc3)ccc2O)cc1. The van der Waals surface area contributed by atoms with Crippen molar-refractivity contribution in [3.05, 3.63) is 89.5 Å². The molecule has 0 fully saturated rings. The van der Waals surface area contributed by atoms with E-state index in [1.165, 1.54) is 5.56 Å². The summed E-state index contributed by atoms with van der Waals surface area (Å²) in [6.45, 7) is 7.84. The molecule has 3 aromatic rings. The molecule has 0 aliphatic carbocycles. The number of phenols is 1. The molecule has 0 aromatic heterocycles. The van der Waals surface area contributed by atoms with E-state index in [0.717, 1.165) is 23.3 Å². The van der Waals surface area contributed by atoms with Crippen LogP contribution in [-0.4, -0.2) is 28.9 Å². The highest BCUT2D eigenvalue weighted by Gasteiger charge is 2.20. The predicted octanol–water partition coefficient (Wildman–Crippen LogP) is 5.05. The quantitative estimate of drug-likeness (QED) is 0.318. The molecule has 1 unspecified atom stereocenters. The number of phenolic OH excluding ortho intramolecular Hbond substituents is 1. The van der Waals surface area contributed by atoms with Crippen molar-refractivity contribution in [2.45, 2.75) is 45.4 Å². The Labute approximate surface area is 191 Å². The molecule has 0 radical (unpaired) electrons. The maximum Gasteiger partial charge on any atom is 0.138 e. The van der Waals surface area contributed by atoms with E-state index >= 15 is 0 Å². The van der Waals surface area contributed by atoms with Gasteiger partial charge in [0, 0.05) is 18.6 Å². The van der Waals surface area contributed by atoms with Crippen molar-refractivity contribution in [3.63, 3.8) is 0 Å². The van der Waals surface area contributed by atoms with Crippen LogP contribution < -0.4 is 15.4 Å². The molecule has 0 spiro atoms. The highest BCUT2D eigenvalue weighted by Crippen LogP contribution is 2.28. The maximum absolute atomic E-state index is 10.7. The number of ether oxygens (including phenoxy) is 1. The van der Waals surface area contributed by atoms with Gasteiger partial charge in [0.1, 0.15) is 11.5 Å². The van der Waals surface area contributed by atoms with Crippen molar-refractivity contribution in [2.75, 3.05) is 18.5 Å². The first-order valence-electron chi connectivity index (χ1n) is 11.1. The Morgan fingerprint density at radius 3 is 2.34 bits per heavy atom. The van der Waals surface area contributed by atoms with Gasteiger partial charge in [-0.3, -0.25) is 0 Å². The van der Waals surface area contributed by atoms with Gasteiger partial charge in [-0.05, 0) is 68.1 Å². The van der Waals surface area contributed by atoms with E-state index in [-0.39, 0.29) is 11.3 Å². The smallest absolute Gasteiger partial charge is 0.138 e. The van der Waals surface area contributed by atoms with Crippen molar-refractivity contribution >= 4 is 5.69 Å². The van der Waals surface area contributed by atoms with E-state index in [2.05, 4.69) is 36.6 Å². The van der Waals surface area contributed by atoms with Gasteiger partial charge in [-0.25, -0.2) is 0 Å². The van der Waals surface area contributed by atoms with E-state index < -0.39 is 6.10 Å². The minimum absolute atomic E-state index is 0.157. The Morgan fingerprint density at radius 1 is 0.938 bits per heavy atom. The third kappa shape index (κ3) is 7.01. The van der Waals surface area contributed by atoms with E-state index in [4.69, 9.17) is 4.74 Å². The van der Waals surface area contributed by atoms with Crippen LogP contribution in [0.3, 0.4) is 0 Å². The Bertz CT molecular complexity index is 972. The lowest BCUT2D eigenvalue weighted by Gasteiger charge is -2.28. The van der Waals surface area contributed by atoms with Gasteiger partial charge in [-0.2, -0.15) is 0 Å². The molecule has 0 saturated heterocycles. The fraction of sp³-hybridized carbons (Fsp3) is 0.333. The number of nitrogens with one attached hydrogen (secondary N) is 2. The van der Waals surface area contributed by atoms with Crippen LogP contribution in [0.25, 0.3) is 0 Å². The average molecular weight is 435 g/mol. The van der Waals surface area contributed by atoms with Gasteiger partial charge in [0.25, 0.3) is 0 Å². The standard InChI is InChI=1S/C27H34N2O3/c1-4-32-23-13-10-21(11-14-23)18-28-24-16-22(12-15-25(24)30)26(31)19-29-27(2,3)17-20-8-6-5-7-9-20/h5-16,26,28-31H,4,17-19H2,1-3H3. The molecule has 32 heavy (non-hydrogen) atoms. The van der Waals surface area contributed by atoms with Crippen LogP contribution in [0.2, 0.25) is 0 Å². The van der Waals surface area contributed by atoms with Crippen LogP contribution in [0.15, 0.2) is 72.8 Å². The lowest BCUT2D eigenvalue weighted by Crippen LogP contribution is -2.43. The molecule has 3 aromatic carbocycles. The number of hydrogen-bond acceptors (Lipinski definition) is 5. The van der Waals surface area contributed by atoms with Gasteiger partial charge in [-0.1, -0.05) is 48.5 Å². The Kier molecular flexibility index (Phi) is 8.14. The summed E-state index contributed by atoms with van der Waals surface area (Å²) < 4.78 is 5.47. The van der Waals surface area contributed by atoms with Crippen LogP contribution in [-0.2, 0) is 13.0 Å². The summed E-state index contributed by atoms with van der Waals surface area (Å²) in [6.07, 6.45) is 0.182. The maximum atomic E-state index is 10.7. The molecule has 0 saturated carbocycles. The minimum atomic E-state index is -0.684. The Morgan fingerprint density at radius 2 is 1.66 bits per heavy atom. The molecule has 0 bridgehead atoms. The summed E-state index contributed by atoms with van der Waals surface area (Å²) in [6, 6.07) is 23.4. The van der Waals surface area contributed by atoms with E-state index in [1.807, 2.05) is 49.4 Å². The summed E-state index contributed by atoms with van der Waals surface area (Å²) in [5, 5.41) is 27.7. The molecule has 3 rings (SSSR count). The molecule has 0 aliphatic rings. The van der Waals surface area contributed by atoms with E-state index in [1.54, 1.807) is 18.2 Å². The first kappa shape index (κ1) is 23.6. The van der Waals surface area contributed by atoms with Crippen LogP contribution in [0.1, 0.15) is 43.6 Å². The Balaban J connectivity index is 1.57. The molecule has 170 valence electrons. The molecule has 0 amide bonds. The van der Waals surface area contributed by atoms with E-state index in [9.17, 15) is 10.2 Å². The van der Waals surface area contributed by atoms with Crippen LogP contribution in [0, 0.1) is 0 Å². The van der Waals surface area contributed by atoms with Crippen molar-refractivity contribution in [1.29, 1.82) is 0 Å². The number of anilines is 1. The van der Waals surface area contributed by atoms with Gasteiger partial charge in [-0.15, -0.1) is 0 Å². The Hall–Kier alpha value is -3.02. The number of aliphatic hydroxyl groups excluding tert-OH is 1. The van der Waals surface area contributed by atoms with Gasteiger partial charge >= 0.3 is 0 Å². The van der Waals surface area contributed by atoms with Crippen LogP contribution in [0.4, 0.5) is 5.69 Å². The zero-order valence-corrected chi connectivity index (χ0v) is 19.1. The zero-order chi connectivity index (χ0) is 23.0. The normalized spacial score (nSPS) is 12.4. The molecule has 1 atom stereocenters. The van der Waals surface area contributed by atoms with Gasteiger partial charge in [0.15, 0.2) is 0 Å². The van der Waals surface area contributed by atoms with Crippen molar-refractivity contribution in [1.82, 2.24) is 5.32 Å². The van der Waals surface area contributed by atoms with Crippen molar-refractivity contribution in [3.8, 4) is 11.5 Å². The van der Waals surface area contributed by atoms with Crippen LogP contribution in [0.5, 0.6) is 11.5 Å². The second kappa shape index (κ2) is 11.0. The molecule has 5 nitrogen and oxygen atoms in total. The minimum Gasteiger partial charge on any atom is -0.506 e. The second-order valence-corrected chi connectivity index (χ2v) is 8.65. The molecular formula is C27H34N2O3. The molecule has 5 heteroatoms. The van der Waals surface area contributed by atoms with Crippen molar-refractivity contribution < 1.29 is 14.9 Å². The first-order chi connectivity index (χ1) is 15.4. The third-order valence-electron chi connectivity index (χ3n) is 5.39. The van der Waals surface area contributed by atoms with Crippen LogP contribution >= 0.6 is 0 Å². The topological polar surface area (TPSA) is 73.8 Å². The van der Waals surface area contributed by atoms with Gasteiger partial charge in [0.2, 0.25) is 0 Å². The summed E-state index contributed by atoms with van der Waals surface area (Å²) in [4.78, 5) is 0. The predicted molar refractivity (Wildman–Crippen MR) is 130 cm³/mol. The molecular weight excluding hydrogens is 400 g/mol. The third-order valence-corrected chi connectivity index (χ3v) is 5.39. The summed E-state index contributed by atoms with van der Waals surface area (Å²) in [5.74, 6) is 0.996. The molecule has 0 heterocycles. The average Bonchev–Trinajstić information content (AvgIpc) is 2.78. The lowest BCUT2D eigenvalue weighted by molar-refractivity contribution is 0.160. The molecule has 4 N–H and O–H groups in total. The number of β-amino-alcohol motifs (C(OH)–C–C–N with tert-alkyl or cyclic N) is 1. The van der Waals surface area contributed by atoms with Gasteiger partial charge in [0.05, 0.1) is 18.4 Å². The second-order valence-electron chi connectivity index (χ2n) is 8.65. The number of aromatic hydroxyl groups is 1. The number of aliphatic hydroxyl groups is 1. The van der Waals surface area contributed by atoms with Gasteiger partial charge < -0.3 is 25.6 Å². The summed E-state index contributed by atoms with van der Waals surface area (Å²) in [7, 11) is 0. The number of hydrogen-bond donors (Lipinski definition) is 4. The fourth-order valence-corrected chi connectivity index (χ4v) is 3.63. The molecule has 0 aliphatic heterocycles. The van der Waals surface area contributed by atoms with Crippen molar-refractivity contribution in [2.24, 2.45) is 0 Å². The first-order valence-corrected chi connectivity index (χ1v) is 11.1. The number of rotatable bonds is 11. The zero-order valence-electron chi connectivity index (χ0n) is 19.1.